The number of aryl methyl sites for hydroxylation is 2. The van der Waals surface area contributed by atoms with E-state index in [2.05, 4.69) is 6.07 Å². The number of benzene rings is 1. The van der Waals surface area contributed by atoms with Gasteiger partial charge in [-0.2, -0.15) is 0 Å². The first-order valence-corrected chi connectivity index (χ1v) is 6.95. The van der Waals surface area contributed by atoms with Gasteiger partial charge in [-0.3, -0.25) is 9.59 Å². The lowest BCUT2D eigenvalue weighted by Crippen LogP contribution is -2.44. The Balaban J connectivity index is 2.29. The van der Waals surface area contributed by atoms with E-state index in [0.717, 1.165) is 29.8 Å². The van der Waals surface area contributed by atoms with Gasteiger partial charge in [-0.1, -0.05) is 13.0 Å². The number of nitrogens with zero attached hydrogens (tertiary/aromatic N) is 1. The summed E-state index contributed by atoms with van der Waals surface area (Å²) in [4.78, 5) is 26.1. The van der Waals surface area contributed by atoms with Crippen molar-refractivity contribution in [2.75, 3.05) is 11.4 Å². The maximum Gasteiger partial charge on any atom is 0.237 e. The molecule has 0 aromatic heterocycles. The van der Waals surface area contributed by atoms with Crippen molar-refractivity contribution in [2.24, 2.45) is 5.92 Å². The number of piperidine rings is 1. The van der Waals surface area contributed by atoms with Crippen LogP contribution in [0, 0.1) is 19.8 Å². The van der Waals surface area contributed by atoms with Gasteiger partial charge in [0, 0.05) is 18.7 Å². The molecule has 1 atom stereocenters. The second-order valence-corrected chi connectivity index (χ2v) is 5.35. The quantitative estimate of drug-likeness (QED) is 0.782. The van der Waals surface area contributed by atoms with E-state index in [1.165, 1.54) is 0 Å². The molecular formula is C16H21NO2. The molecule has 19 heavy (non-hydrogen) atoms. The molecule has 0 saturated carbocycles. The molecule has 1 fully saturated rings. The lowest BCUT2D eigenvalue weighted by molar-refractivity contribution is -0.133. The van der Waals surface area contributed by atoms with Crippen LogP contribution in [0.3, 0.4) is 0 Å². The van der Waals surface area contributed by atoms with Crippen LogP contribution >= 0.6 is 0 Å². The minimum absolute atomic E-state index is 0.0249. The highest BCUT2D eigenvalue weighted by Gasteiger charge is 2.33. The average molecular weight is 259 g/mol. The summed E-state index contributed by atoms with van der Waals surface area (Å²) in [7, 11) is 0. The van der Waals surface area contributed by atoms with Crippen molar-refractivity contribution in [1.29, 1.82) is 0 Å². The van der Waals surface area contributed by atoms with E-state index in [1.54, 1.807) is 4.90 Å². The molecule has 0 aliphatic carbocycles. The van der Waals surface area contributed by atoms with Crippen molar-refractivity contribution in [2.45, 2.75) is 40.0 Å². The van der Waals surface area contributed by atoms with Gasteiger partial charge < -0.3 is 4.90 Å². The molecule has 1 aromatic rings. The van der Waals surface area contributed by atoms with Crippen LogP contribution in [0.5, 0.6) is 0 Å². The molecule has 3 nitrogen and oxygen atoms in total. The maximum atomic E-state index is 12.5. The molecule has 1 amide bonds. The van der Waals surface area contributed by atoms with Crippen LogP contribution in [-0.2, 0) is 9.59 Å². The topological polar surface area (TPSA) is 37.4 Å². The van der Waals surface area contributed by atoms with Crippen LogP contribution < -0.4 is 4.90 Å². The van der Waals surface area contributed by atoms with Crippen molar-refractivity contribution in [1.82, 2.24) is 0 Å². The molecule has 1 aliphatic heterocycles. The minimum atomic E-state index is -0.431. The fourth-order valence-corrected chi connectivity index (χ4v) is 2.78. The molecule has 0 spiro atoms. The number of rotatable bonds is 3. The Morgan fingerprint density at radius 1 is 1.26 bits per heavy atom. The van der Waals surface area contributed by atoms with Gasteiger partial charge in [0.15, 0.2) is 0 Å². The van der Waals surface area contributed by atoms with Crippen LogP contribution in [0.15, 0.2) is 18.2 Å². The van der Waals surface area contributed by atoms with Crippen molar-refractivity contribution >= 4 is 17.4 Å². The Morgan fingerprint density at radius 2 is 1.89 bits per heavy atom. The number of Topliss-reactive ketones (excluding diaryl/α,β-unsaturated/α-hetero) is 1. The van der Waals surface area contributed by atoms with E-state index in [9.17, 15) is 9.59 Å². The van der Waals surface area contributed by atoms with Crippen LogP contribution in [-0.4, -0.2) is 18.2 Å². The standard InChI is InChI=1S/C16H21NO2/c1-4-15(18)14-6-5-7-17(16(14)19)13-9-11(2)8-12(3)10-13/h8-10,14H,4-7H2,1-3H3/t14-/m0/s1. The summed E-state index contributed by atoms with van der Waals surface area (Å²) >= 11 is 0. The summed E-state index contributed by atoms with van der Waals surface area (Å²) in [6.07, 6.45) is 2.04. The first-order valence-electron chi connectivity index (χ1n) is 6.95. The smallest absolute Gasteiger partial charge is 0.237 e. The normalized spacial score (nSPS) is 19.6. The van der Waals surface area contributed by atoms with Gasteiger partial charge in [-0.05, 0) is 49.9 Å². The number of ketones is 1. The molecule has 1 aromatic carbocycles. The molecule has 1 heterocycles. The van der Waals surface area contributed by atoms with Gasteiger partial charge in [-0.15, -0.1) is 0 Å². The van der Waals surface area contributed by atoms with Gasteiger partial charge in [0.1, 0.15) is 5.78 Å². The fourth-order valence-electron chi connectivity index (χ4n) is 2.78. The van der Waals surface area contributed by atoms with Crippen LogP contribution in [0.1, 0.15) is 37.3 Å². The van der Waals surface area contributed by atoms with E-state index in [1.807, 2.05) is 32.9 Å². The molecule has 1 aliphatic rings. The number of carbonyl (C=O) groups is 2. The maximum absolute atomic E-state index is 12.5. The second-order valence-electron chi connectivity index (χ2n) is 5.35. The third-order valence-electron chi connectivity index (χ3n) is 3.69. The lowest BCUT2D eigenvalue weighted by atomic mass is 9.91. The Morgan fingerprint density at radius 3 is 2.47 bits per heavy atom. The third-order valence-corrected chi connectivity index (χ3v) is 3.69. The molecule has 102 valence electrons. The van der Waals surface area contributed by atoms with Gasteiger partial charge >= 0.3 is 0 Å². The largest absolute Gasteiger partial charge is 0.312 e. The summed E-state index contributed by atoms with van der Waals surface area (Å²) in [6.45, 7) is 6.60. The lowest BCUT2D eigenvalue weighted by Gasteiger charge is -2.32. The second kappa shape index (κ2) is 5.55. The zero-order valence-corrected chi connectivity index (χ0v) is 11.9. The summed E-state index contributed by atoms with van der Waals surface area (Å²) in [5.41, 5.74) is 3.22. The Labute approximate surface area is 114 Å². The molecular weight excluding hydrogens is 238 g/mol. The molecule has 2 rings (SSSR count). The van der Waals surface area contributed by atoms with Gasteiger partial charge in [0.25, 0.3) is 0 Å². The minimum Gasteiger partial charge on any atom is -0.312 e. The number of anilines is 1. The number of carbonyl (C=O) groups excluding carboxylic acids is 2. The van der Waals surface area contributed by atoms with Crippen LogP contribution in [0.4, 0.5) is 5.69 Å². The average Bonchev–Trinajstić information content (AvgIpc) is 2.37. The monoisotopic (exact) mass is 259 g/mol. The highest BCUT2D eigenvalue weighted by Crippen LogP contribution is 2.27. The Hall–Kier alpha value is -1.64. The van der Waals surface area contributed by atoms with E-state index in [0.29, 0.717) is 12.8 Å². The summed E-state index contributed by atoms with van der Waals surface area (Å²) in [5.74, 6) is -0.387. The number of hydrogen-bond acceptors (Lipinski definition) is 2. The Bertz CT molecular complexity index is 487. The van der Waals surface area contributed by atoms with Gasteiger partial charge in [0.2, 0.25) is 5.91 Å². The van der Waals surface area contributed by atoms with Gasteiger partial charge in [0.05, 0.1) is 5.92 Å². The van der Waals surface area contributed by atoms with Crippen molar-refractivity contribution < 1.29 is 9.59 Å². The van der Waals surface area contributed by atoms with Crippen molar-refractivity contribution in [3.63, 3.8) is 0 Å². The van der Waals surface area contributed by atoms with Gasteiger partial charge in [-0.25, -0.2) is 0 Å². The molecule has 0 unspecified atom stereocenters. The summed E-state index contributed by atoms with van der Waals surface area (Å²) in [5, 5.41) is 0. The zero-order valence-electron chi connectivity index (χ0n) is 11.9. The van der Waals surface area contributed by atoms with Crippen LogP contribution in [0.25, 0.3) is 0 Å². The molecule has 0 bridgehead atoms. The summed E-state index contributed by atoms with van der Waals surface area (Å²) in [6, 6.07) is 6.13. The first kappa shape index (κ1) is 13.8. The van der Waals surface area contributed by atoms with Crippen LogP contribution in [0.2, 0.25) is 0 Å². The third kappa shape index (κ3) is 2.86. The molecule has 0 radical (unpaired) electrons. The van der Waals surface area contributed by atoms with E-state index in [4.69, 9.17) is 0 Å². The first-order chi connectivity index (χ1) is 9.02. The molecule has 0 N–H and O–H groups in total. The SMILES string of the molecule is CCC(=O)[C@@H]1CCCN(c2cc(C)cc(C)c2)C1=O. The highest BCUT2D eigenvalue weighted by atomic mass is 16.2. The highest BCUT2D eigenvalue weighted by molar-refractivity contribution is 6.08. The number of amides is 1. The predicted molar refractivity (Wildman–Crippen MR) is 76.3 cm³/mol. The Kier molecular flexibility index (Phi) is 4.03. The van der Waals surface area contributed by atoms with E-state index >= 15 is 0 Å². The molecule has 1 saturated heterocycles. The zero-order chi connectivity index (χ0) is 14.0. The fraction of sp³-hybridized carbons (Fsp3) is 0.500. The summed E-state index contributed by atoms with van der Waals surface area (Å²) < 4.78 is 0. The predicted octanol–water partition coefficient (Wildman–Crippen LogP) is 3.03. The van der Waals surface area contributed by atoms with Crippen molar-refractivity contribution in [3.05, 3.63) is 29.3 Å². The van der Waals surface area contributed by atoms with Crippen molar-refractivity contribution in [3.8, 4) is 0 Å². The number of hydrogen-bond donors (Lipinski definition) is 0. The van der Waals surface area contributed by atoms with E-state index < -0.39 is 5.92 Å². The van der Waals surface area contributed by atoms with E-state index in [-0.39, 0.29) is 11.7 Å². The molecule has 3 heteroatoms.